The van der Waals surface area contributed by atoms with Crippen LogP contribution >= 0.6 is 0 Å². The van der Waals surface area contributed by atoms with Gasteiger partial charge in [-0.25, -0.2) is 12.4 Å². The number of aryl methyl sites for hydroxylation is 1. The van der Waals surface area contributed by atoms with Crippen molar-refractivity contribution in [3.63, 3.8) is 0 Å². The van der Waals surface area contributed by atoms with Gasteiger partial charge in [-0.2, -0.15) is 0 Å². The Kier molecular flexibility index (Phi) is 5.94. The minimum absolute atomic E-state index is 0.201. The van der Waals surface area contributed by atoms with E-state index in [0.29, 0.717) is 30.1 Å². The molecule has 2 aromatic heterocycles. The zero-order chi connectivity index (χ0) is 24.2. The number of fused-ring (bicyclic) bond motifs is 1. The largest absolute Gasteiger partial charge is 0.327 e. The van der Waals surface area contributed by atoms with E-state index in [1.165, 1.54) is 3.97 Å². The van der Waals surface area contributed by atoms with Gasteiger partial charge in [-0.1, -0.05) is 31.5 Å². The minimum Gasteiger partial charge on any atom is -0.327 e. The number of aromatic amines is 1. The third-order valence-corrected chi connectivity index (χ3v) is 9.13. The average Bonchev–Trinajstić information content (AvgIpc) is 3.55. The molecule has 0 spiro atoms. The zero-order valence-corrected chi connectivity index (χ0v) is 21.2. The van der Waals surface area contributed by atoms with Crippen molar-refractivity contribution in [2.75, 3.05) is 26.7 Å². The fraction of sp³-hybridized carbons (Fsp3) is 0.500. The maximum atomic E-state index is 14.0. The number of benzene rings is 1. The number of hydrogen-bond donors (Lipinski definition) is 1. The smallest absolute Gasteiger partial charge is 0.273 e. The van der Waals surface area contributed by atoms with Gasteiger partial charge < -0.3 is 9.88 Å². The molecule has 1 aliphatic heterocycles. The Morgan fingerprint density at radius 3 is 2.47 bits per heavy atom. The van der Waals surface area contributed by atoms with Gasteiger partial charge in [0.1, 0.15) is 5.52 Å². The van der Waals surface area contributed by atoms with E-state index in [2.05, 4.69) is 35.7 Å². The Morgan fingerprint density at radius 1 is 1.12 bits per heavy atom. The Hall–Kier alpha value is -2.42. The SMILES string of the molecule is Cc1ccc(S(=O)(=O)n2c(CN3CCN(C)C[C@H]3C(C)C)cc3c(C4CC4)c[nH]c(=O)c32)cc1. The average molecular weight is 483 g/mol. The lowest BCUT2D eigenvalue weighted by atomic mass is 9.99. The summed E-state index contributed by atoms with van der Waals surface area (Å²) in [5.74, 6) is 0.817. The van der Waals surface area contributed by atoms with Crippen LogP contribution in [0, 0.1) is 12.8 Å². The van der Waals surface area contributed by atoms with Gasteiger partial charge in [0.25, 0.3) is 15.6 Å². The van der Waals surface area contributed by atoms with Crippen molar-refractivity contribution >= 4 is 20.9 Å². The van der Waals surface area contributed by atoms with Crippen LogP contribution in [0.1, 0.15) is 49.4 Å². The van der Waals surface area contributed by atoms with Crippen LogP contribution in [0.5, 0.6) is 0 Å². The highest BCUT2D eigenvalue weighted by molar-refractivity contribution is 7.90. The van der Waals surface area contributed by atoms with Gasteiger partial charge in [0.05, 0.1) is 4.90 Å². The van der Waals surface area contributed by atoms with E-state index >= 15 is 0 Å². The summed E-state index contributed by atoms with van der Waals surface area (Å²) in [6, 6.07) is 9.13. The van der Waals surface area contributed by atoms with E-state index in [1.807, 2.05) is 13.0 Å². The molecule has 8 heteroatoms. The van der Waals surface area contributed by atoms with Gasteiger partial charge >= 0.3 is 0 Å². The second kappa shape index (κ2) is 8.66. The predicted molar refractivity (Wildman–Crippen MR) is 135 cm³/mol. The van der Waals surface area contributed by atoms with Crippen molar-refractivity contribution < 1.29 is 8.42 Å². The van der Waals surface area contributed by atoms with Gasteiger partial charge in [0.15, 0.2) is 0 Å². The highest BCUT2D eigenvalue weighted by atomic mass is 32.2. The Morgan fingerprint density at radius 2 is 1.82 bits per heavy atom. The molecule has 1 saturated carbocycles. The molecule has 1 N–H and O–H groups in total. The van der Waals surface area contributed by atoms with Crippen LogP contribution in [0.2, 0.25) is 0 Å². The predicted octanol–water partition coefficient (Wildman–Crippen LogP) is 3.52. The van der Waals surface area contributed by atoms with E-state index in [4.69, 9.17) is 0 Å². The summed E-state index contributed by atoms with van der Waals surface area (Å²) in [4.78, 5) is 20.8. The first-order valence-electron chi connectivity index (χ1n) is 12.2. The van der Waals surface area contributed by atoms with E-state index in [9.17, 15) is 13.2 Å². The molecule has 1 aromatic carbocycles. The van der Waals surface area contributed by atoms with Crippen LogP contribution in [0.15, 0.2) is 46.2 Å². The number of nitrogens with zero attached hydrogens (tertiary/aromatic N) is 3. The van der Waals surface area contributed by atoms with Crippen LogP contribution < -0.4 is 5.56 Å². The van der Waals surface area contributed by atoms with E-state index in [1.54, 1.807) is 30.5 Å². The molecule has 0 amide bonds. The molecule has 0 unspecified atom stereocenters. The first-order valence-corrected chi connectivity index (χ1v) is 13.6. The van der Waals surface area contributed by atoms with Crippen LogP contribution in [0.3, 0.4) is 0 Å². The minimum atomic E-state index is -3.95. The summed E-state index contributed by atoms with van der Waals surface area (Å²) in [6.07, 6.45) is 3.92. The summed E-state index contributed by atoms with van der Waals surface area (Å²) in [7, 11) is -1.82. The van der Waals surface area contributed by atoms with Crippen molar-refractivity contribution in [1.82, 2.24) is 18.8 Å². The quantitative estimate of drug-likeness (QED) is 0.582. The normalized spacial score (nSPS) is 20.4. The Balaban J connectivity index is 1.70. The molecule has 2 aliphatic rings. The van der Waals surface area contributed by atoms with Gasteiger partial charge in [0, 0.05) is 49.5 Å². The molecule has 34 heavy (non-hydrogen) atoms. The van der Waals surface area contributed by atoms with Crippen LogP contribution in [0.25, 0.3) is 10.9 Å². The molecule has 1 aliphatic carbocycles. The number of H-pyrrole nitrogens is 1. The lowest BCUT2D eigenvalue weighted by Crippen LogP contribution is -2.53. The molecule has 3 aromatic rings. The molecule has 0 bridgehead atoms. The number of nitrogens with one attached hydrogen (secondary N) is 1. The maximum absolute atomic E-state index is 14.0. The number of piperazine rings is 1. The third-order valence-electron chi connectivity index (χ3n) is 7.36. The Labute approximate surface area is 201 Å². The summed E-state index contributed by atoms with van der Waals surface area (Å²) in [6.45, 7) is 9.57. The van der Waals surface area contributed by atoms with Crippen molar-refractivity contribution in [3.05, 3.63) is 63.7 Å². The Bertz CT molecular complexity index is 1370. The summed E-state index contributed by atoms with van der Waals surface area (Å²) < 4.78 is 29.3. The van der Waals surface area contributed by atoms with Crippen LogP contribution in [0.4, 0.5) is 0 Å². The first kappa shape index (κ1) is 23.3. The van der Waals surface area contributed by atoms with Gasteiger partial charge in [-0.3, -0.25) is 9.69 Å². The standard InChI is InChI=1S/C26H34N4O3S/c1-17(2)24-16-28(4)11-12-29(24)15-20-13-22-23(19-7-8-19)14-27-26(31)25(22)30(20)34(32,33)21-9-5-18(3)6-10-21/h5-6,9-10,13-14,17,19,24H,7-8,11-12,15-16H2,1-4H3,(H,27,31)/t24-/m0/s1. The van der Waals surface area contributed by atoms with Crippen molar-refractivity contribution in [2.45, 2.75) is 57.0 Å². The molecule has 2 fully saturated rings. The molecule has 1 atom stereocenters. The molecular weight excluding hydrogens is 448 g/mol. The summed E-state index contributed by atoms with van der Waals surface area (Å²) >= 11 is 0. The van der Waals surface area contributed by atoms with Crippen LogP contribution in [-0.4, -0.2) is 59.9 Å². The number of rotatable bonds is 6. The highest BCUT2D eigenvalue weighted by Gasteiger charge is 2.33. The first-order chi connectivity index (χ1) is 16.2. The molecule has 1 saturated heterocycles. The van der Waals surface area contributed by atoms with Crippen molar-refractivity contribution in [3.8, 4) is 0 Å². The molecule has 7 nitrogen and oxygen atoms in total. The second-order valence-corrected chi connectivity index (χ2v) is 12.2. The van der Waals surface area contributed by atoms with E-state index < -0.39 is 10.0 Å². The number of aromatic nitrogens is 2. The topological polar surface area (TPSA) is 78.4 Å². The number of hydrogen-bond acceptors (Lipinski definition) is 5. The van der Waals surface area contributed by atoms with Gasteiger partial charge in [-0.15, -0.1) is 0 Å². The lowest BCUT2D eigenvalue weighted by Gasteiger charge is -2.42. The fourth-order valence-electron chi connectivity index (χ4n) is 5.23. The fourth-order valence-corrected chi connectivity index (χ4v) is 6.76. The van der Waals surface area contributed by atoms with Gasteiger partial charge in [-0.05, 0) is 62.4 Å². The summed E-state index contributed by atoms with van der Waals surface area (Å²) in [5, 5.41) is 0.771. The number of pyridine rings is 1. The monoisotopic (exact) mass is 482 g/mol. The van der Waals surface area contributed by atoms with E-state index in [0.717, 1.165) is 49.0 Å². The molecular formula is C26H34N4O3S. The van der Waals surface area contributed by atoms with Crippen molar-refractivity contribution in [1.29, 1.82) is 0 Å². The molecule has 3 heterocycles. The maximum Gasteiger partial charge on any atom is 0.273 e. The second-order valence-electron chi connectivity index (χ2n) is 10.4. The van der Waals surface area contributed by atoms with Crippen LogP contribution in [-0.2, 0) is 16.6 Å². The molecule has 0 radical (unpaired) electrons. The summed E-state index contributed by atoms with van der Waals surface area (Å²) in [5.41, 5.74) is 2.58. The zero-order valence-electron chi connectivity index (χ0n) is 20.4. The molecule has 5 rings (SSSR count). The number of likely N-dealkylation sites (N-methyl/N-ethyl adjacent to an activating group) is 1. The van der Waals surface area contributed by atoms with Gasteiger partial charge in [0.2, 0.25) is 0 Å². The highest BCUT2D eigenvalue weighted by Crippen LogP contribution is 2.43. The third kappa shape index (κ3) is 4.12. The van der Waals surface area contributed by atoms with E-state index in [-0.39, 0.29) is 16.0 Å². The lowest BCUT2D eigenvalue weighted by molar-refractivity contribution is 0.0560. The van der Waals surface area contributed by atoms with Crippen molar-refractivity contribution in [2.24, 2.45) is 5.92 Å². The molecule has 182 valence electrons.